The van der Waals surface area contributed by atoms with E-state index in [1.54, 1.807) is 24.3 Å². The van der Waals surface area contributed by atoms with E-state index in [-0.39, 0.29) is 12.4 Å². The molecule has 1 aromatic carbocycles. The highest BCUT2D eigenvalue weighted by atomic mass is 16.5. The minimum atomic E-state index is -0.518. The number of aliphatic hydroxyl groups is 1. The van der Waals surface area contributed by atoms with Crippen LogP contribution >= 0.6 is 0 Å². The van der Waals surface area contributed by atoms with E-state index < -0.39 is 6.10 Å². The van der Waals surface area contributed by atoms with Crippen LogP contribution in [0.1, 0.15) is 62.2 Å². The molecule has 0 saturated heterocycles. The number of ether oxygens (including phenoxy) is 1. The van der Waals surface area contributed by atoms with Crippen molar-refractivity contribution in [1.29, 1.82) is 0 Å². The molecule has 1 saturated carbocycles. The molecule has 4 nitrogen and oxygen atoms in total. The number of hydrogen-bond acceptors (Lipinski definition) is 4. The van der Waals surface area contributed by atoms with Crippen LogP contribution in [0.2, 0.25) is 0 Å². The van der Waals surface area contributed by atoms with E-state index in [2.05, 4.69) is 5.32 Å². The Hall–Kier alpha value is -1.39. The zero-order valence-electron chi connectivity index (χ0n) is 14.1. The van der Waals surface area contributed by atoms with Crippen molar-refractivity contribution in [1.82, 2.24) is 5.32 Å². The molecule has 0 bridgehead atoms. The normalized spacial score (nSPS) is 17.5. The van der Waals surface area contributed by atoms with Crippen LogP contribution in [0.25, 0.3) is 0 Å². The molecular weight excluding hydrogens is 290 g/mol. The molecule has 0 aliphatic heterocycles. The van der Waals surface area contributed by atoms with Gasteiger partial charge in [0.15, 0.2) is 5.78 Å². The second kappa shape index (κ2) is 9.68. The van der Waals surface area contributed by atoms with Gasteiger partial charge < -0.3 is 15.2 Å². The van der Waals surface area contributed by atoms with Gasteiger partial charge in [-0.25, -0.2) is 0 Å². The first kappa shape index (κ1) is 18.0. The summed E-state index contributed by atoms with van der Waals surface area (Å²) in [6.45, 7) is 2.68. The molecule has 4 heteroatoms. The maximum Gasteiger partial charge on any atom is 0.162 e. The van der Waals surface area contributed by atoms with Crippen molar-refractivity contribution in [2.75, 3.05) is 13.2 Å². The zero-order chi connectivity index (χ0) is 16.5. The molecule has 2 N–H and O–H groups in total. The molecule has 1 fully saturated rings. The fraction of sp³-hybridized carbons (Fsp3) is 0.632. The number of nitrogens with one attached hydrogen (secondary N) is 1. The second-order valence-corrected chi connectivity index (χ2v) is 6.36. The monoisotopic (exact) mass is 319 g/mol. The van der Waals surface area contributed by atoms with E-state index in [1.165, 1.54) is 38.5 Å². The molecule has 0 heterocycles. The fourth-order valence-corrected chi connectivity index (χ4v) is 2.98. The molecule has 0 amide bonds. The Bertz CT molecular complexity index is 464. The van der Waals surface area contributed by atoms with Crippen LogP contribution in [0.3, 0.4) is 0 Å². The predicted molar refractivity (Wildman–Crippen MR) is 92.1 cm³/mol. The number of Topliss-reactive ketones (excluding diaryl/α,β-unsaturated/α-hetero) is 1. The van der Waals surface area contributed by atoms with Crippen LogP contribution in [0.4, 0.5) is 0 Å². The summed E-state index contributed by atoms with van der Waals surface area (Å²) in [4.78, 5) is 11.6. The third kappa shape index (κ3) is 6.32. The molecular formula is C19H29NO3. The fourth-order valence-electron chi connectivity index (χ4n) is 2.98. The number of benzene rings is 1. The van der Waals surface area contributed by atoms with Crippen LogP contribution in [0.15, 0.2) is 24.3 Å². The summed E-state index contributed by atoms with van der Waals surface area (Å²) in [5, 5.41) is 13.5. The Labute approximate surface area is 139 Å². The Kier molecular flexibility index (Phi) is 7.56. The van der Waals surface area contributed by atoms with Gasteiger partial charge in [0.2, 0.25) is 0 Å². The Morgan fingerprint density at radius 2 is 1.87 bits per heavy atom. The van der Waals surface area contributed by atoms with Crippen molar-refractivity contribution in [2.45, 2.75) is 64.0 Å². The molecule has 1 atom stereocenters. The van der Waals surface area contributed by atoms with Crippen LogP contribution < -0.4 is 10.1 Å². The lowest BCUT2D eigenvalue weighted by molar-refractivity contribution is 0.0985. The number of aliphatic hydroxyl groups excluding tert-OH is 1. The van der Waals surface area contributed by atoms with Crippen LogP contribution in [-0.4, -0.2) is 36.2 Å². The number of hydrogen-bond donors (Lipinski definition) is 2. The molecule has 0 radical (unpaired) electrons. The second-order valence-electron chi connectivity index (χ2n) is 6.36. The van der Waals surface area contributed by atoms with Gasteiger partial charge in [-0.05, 0) is 37.1 Å². The summed E-state index contributed by atoms with van der Waals surface area (Å²) in [5.41, 5.74) is 0.704. The first-order valence-electron chi connectivity index (χ1n) is 8.86. The van der Waals surface area contributed by atoms with Crippen LogP contribution in [-0.2, 0) is 0 Å². The quantitative estimate of drug-likeness (QED) is 0.570. The van der Waals surface area contributed by atoms with Crippen LogP contribution in [0.5, 0.6) is 5.75 Å². The van der Waals surface area contributed by atoms with Crippen molar-refractivity contribution in [3.8, 4) is 5.75 Å². The SMILES string of the molecule is CCC(=O)c1ccc(OCC(O)CNC2CCCCCC2)cc1. The topological polar surface area (TPSA) is 58.6 Å². The van der Waals surface area contributed by atoms with Crippen LogP contribution in [0, 0.1) is 0 Å². The van der Waals surface area contributed by atoms with Crippen molar-refractivity contribution in [3.05, 3.63) is 29.8 Å². The molecule has 128 valence electrons. The number of ketones is 1. The summed E-state index contributed by atoms with van der Waals surface area (Å²) < 4.78 is 5.60. The highest BCUT2D eigenvalue weighted by Gasteiger charge is 2.13. The molecule has 1 aliphatic rings. The standard InChI is InChI=1S/C19H29NO3/c1-2-19(22)15-9-11-18(12-10-15)23-14-17(21)13-20-16-7-5-3-4-6-8-16/h9-12,16-17,20-21H,2-8,13-14H2,1H3. The van der Waals surface area contributed by atoms with Gasteiger partial charge in [-0.2, -0.15) is 0 Å². The van der Waals surface area contributed by atoms with Gasteiger partial charge in [0.05, 0.1) is 0 Å². The lowest BCUT2D eigenvalue weighted by atomic mass is 10.1. The van der Waals surface area contributed by atoms with Gasteiger partial charge in [0.25, 0.3) is 0 Å². The molecule has 0 aromatic heterocycles. The van der Waals surface area contributed by atoms with E-state index >= 15 is 0 Å². The van der Waals surface area contributed by atoms with Gasteiger partial charge in [-0.1, -0.05) is 32.6 Å². The Morgan fingerprint density at radius 3 is 2.48 bits per heavy atom. The minimum absolute atomic E-state index is 0.129. The summed E-state index contributed by atoms with van der Waals surface area (Å²) in [6.07, 6.45) is 7.64. The van der Waals surface area contributed by atoms with Gasteiger partial charge in [-0.15, -0.1) is 0 Å². The highest BCUT2D eigenvalue weighted by molar-refractivity contribution is 5.95. The highest BCUT2D eigenvalue weighted by Crippen LogP contribution is 2.17. The largest absolute Gasteiger partial charge is 0.491 e. The summed E-state index contributed by atoms with van der Waals surface area (Å²) >= 11 is 0. The van der Waals surface area contributed by atoms with Gasteiger partial charge in [-0.3, -0.25) is 4.79 Å². The van der Waals surface area contributed by atoms with Crippen molar-refractivity contribution < 1.29 is 14.6 Å². The van der Waals surface area contributed by atoms with E-state index in [0.29, 0.717) is 30.3 Å². The van der Waals surface area contributed by atoms with Gasteiger partial charge in [0, 0.05) is 24.6 Å². The molecule has 0 spiro atoms. The molecule has 23 heavy (non-hydrogen) atoms. The third-order valence-electron chi connectivity index (χ3n) is 4.44. The average Bonchev–Trinajstić information content (AvgIpc) is 2.86. The average molecular weight is 319 g/mol. The number of carbonyl (C=O) groups is 1. The maximum atomic E-state index is 11.6. The van der Waals surface area contributed by atoms with E-state index in [1.807, 2.05) is 6.92 Å². The van der Waals surface area contributed by atoms with Gasteiger partial charge >= 0.3 is 0 Å². The predicted octanol–water partition coefficient (Wildman–Crippen LogP) is 3.33. The van der Waals surface area contributed by atoms with Gasteiger partial charge in [0.1, 0.15) is 18.5 Å². The maximum absolute atomic E-state index is 11.6. The van der Waals surface area contributed by atoms with Crippen molar-refractivity contribution in [2.24, 2.45) is 0 Å². The Morgan fingerprint density at radius 1 is 1.22 bits per heavy atom. The minimum Gasteiger partial charge on any atom is -0.491 e. The number of rotatable bonds is 8. The summed E-state index contributed by atoms with van der Waals surface area (Å²) in [5.74, 6) is 0.815. The summed E-state index contributed by atoms with van der Waals surface area (Å²) in [7, 11) is 0. The zero-order valence-corrected chi connectivity index (χ0v) is 14.1. The van der Waals surface area contributed by atoms with E-state index in [4.69, 9.17) is 4.74 Å². The van der Waals surface area contributed by atoms with E-state index in [9.17, 15) is 9.90 Å². The smallest absolute Gasteiger partial charge is 0.162 e. The first-order valence-corrected chi connectivity index (χ1v) is 8.86. The molecule has 1 aromatic rings. The molecule has 1 unspecified atom stereocenters. The van der Waals surface area contributed by atoms with Crippen molar-refractivity contribution in [3.63, 3.8) is 0 Å². The first-order chi connectivity index (χ1) is 11.2. The summed E-state index contributed by atoms with van der Waals surface area (Å²) in [6, 6.07) is 7.66. The Balaban J connectivity index is 1.69. The third-order valence-corrected chi connectivity index (χ3v) is 4.44. The van der Waals surface area contributed by atoms with E-state index in [0.717, 1.165) is 0 Å². The number of carbonyl (C=O) groups excluding carboxylic acids is 1. The van der Waals surface area contributed by atoms with Crippen molar-refractivity contribution >= 4 is 5.78 Å². The lowest BCUT2D eigenvalue weighted by Crippen LogP contribution is -2.37. The molecule has 1 aliphatic carbocycles. The lowest BCUT2D eigenvalue weighted by Gasteiger charge is -2.19. The molecule has 2 rings (SSSR count).